The van der Waals surface area contributed by atoms with Gasteiger partial charge in [0.15, 0.2) is 5.82 Å². The van der Waals surface area contributed by atoms with Gasteiger partial charge in [-0.2, -0.15) is 5.10 Å². The van der Waals surface area contributed by atoms with Crippen LogP contribution in [-0.4, -0.2) is 55.0 Å². The number of rotatable bonds is 2. The lowest BCUT2D eigenvalue weighted by Gasteiger charge is -2.36. The quantitative estimate of drug-likeness (QED) is 0.532. The van der Waals surface area contributed by atoms with Crippen LogP contribution in [0.25, 0.3) is 33.3 Å². The lowest BCUT2D eigenvalue weighted by molar-refractivity contribution is 0.405. The highest BCUT2D eigenvalue weighted by atomic mass is 16.3. The van der Waals surface area contributed by atoms with Crippen molar-refractivity contribution in [2.75, 3.05) is 18.0 Å². The van der Waals surface area contributed by atoms with E-state index in [1.807, 2.05) is 38.4 Å². The second-order valence-electron chi connectivity index (χ2n) is 8.28. The summed E-state index contributed by atoms with van der Waals surface area (Å²) < 4.78 is 1.74. The fourth-order valence-corrected chi connectivity index (χ4v) is 4.34. The predicted octanol–water partition coefficient (Wildman–Crippen LogP) is 2.78. The summed E-state index contributed by atoms with van der Waals surface area (Å²) in [7, 11) is 1.87. The van der Waals surface area contributed by atoms with Crippen molar-refractivity contribution in [2.24, 2.45) is 7.05 Å². The van der Waals surface area contributed by atoms with Gasteiger partial charge in [-0.05, 0) is 39.0 Å². The van der Waals surface area contributed by atoms with Crippen LogP contribution in [0.5, 0.6) is 5.75 Å². The number of pyridine rings is 1. The minimum Gasteiger partial charge on any atom is -0.507 e. The molecule has 1 saturated heterocycles. The molecule has 2 N–H and O–H groups in total. The summed E-state index contributed by atoms with van der Waals surface area (Å²) in [4.78, 5) is 16.3. The van der Waals surface area contributed by atoms with E-state index in [1.54, 1.807) is 10.9 Å². The van der Waals surface area contributed by atoms with Crippen molar-refractivity contribution in [3.05, 3.63) is 36.2 Å². The van der Waals surface area contributed by atoms with E-state index in [0.29, 0.717) is 23.5 Å². The van der Waals surface area contributed by atoms with Gasteiger partial charge in [-0.25, -0.2) is 15.0 Å². The Morgan fingerprint density at radius 3 is 2.63 bits per heavy atom. The summed E-state index contributed by atoms with van der Waals surface area (Å²) in [5.74, 6) is 1.58. The second-order valence-corrected chi connectivity index (χ2v) is 8.28. The number of phenols is 1. The van der Waals surface area contributed by atoms with Crippen LogP contribution in [0.4, 0.5) is 5.82 Å². The van der Waals surface area contributed by atoms with Gasteiger partial charge in [-0.3, -0.25) is 4.68 Å². The number of nitrogens with one attached hydrogen (secondary N) is 1. The number of hydrogen-bond donors (Lipinski definition) is 2. The monoisotopic (exact) mass is 403 g/mol. The number of anilines is 1. The van der Waals surface area contributed by atoms with Gasteiger partial charge in [-0.15, -0.1) is 0 Å². The molecule has 4 aromatic rings. The zero-order valence-electron chi connectivity index (χ0n) is 17.6. The number of hydrogen-bond acceptors (Lipinski definition) is 7. The summed E-state index contributed by atoms with van der Waals surface area (Å²) in [6, 6.07) is 6.71. The number of aromatic hydroxyl groups is 1. The minimum absolute atomic E-state index is 0.161. The standard InChI is InChI=1S/C22H25N7O/c1-12-9-29(10-13(2)24-12)19-6-5-17-18(25-19)8-23-22(26-17)16-7-15-11-28(4)27-20(15)14(3)21(16)30/h5-8,11-13,24,30H,9-10H2,1-4H3/t12-,13-/m1/s1. The Morgan fingerprint density at radius 1 is 1.10 bits per heavy atom. The topological polar surface area (TPSA) is 92.0 Å². The zero-order chi connectivity index (χ0) is 21.0. The molecule has 0 unspecified atom stereocenters. The molecule has 1 fully saturated rings. The molecule has 8 nitrogen and oxygen atoms in total. The average molecular weight is 403 g/mol. The third-order valence-corrected chi connectivity index (χ3v) is 5.67. The van der Waals surface area contributed by atoms with E-state index in [2.05, 4.69) is 39.1 Å². The van der Waals surface area contributed by atoms with Crippen LogP contribution in [-0.2, 0) is 7.05 Å². The van der Waals surface area contributed by atoms with Crippen molar-refractivity contribution in [1.29, 1.82) is 0 Å². The van der Waals surface area contributed by atoms with E-state index in [1.165, 1.54) is 0 Å². The van der Waals surface area contributed by atoms with E-state index in [4.69, 9.17) is 4.98 Å². The number of aromatic nitrogens is 5. The maximum absolute atomic E-state index is 10.7. The van der Waals surface area contributed by atoms with Crippen molar-refractivity contribution >= 4 is 27.8 Å². The molecule has 0 spiro atoms. The molecule has 154 valence electrons. The summed E-state index contributed by atoms with van der Waals surface area (Å²) in [5.41, 5.74) is 3.60. The molecule has 0 aliphatic carbocycles. The predicted molar refractivity (Wildman–Crippen MR) is 118 cm³/mol. The van der Waals surface area contributed by atoms with Crippen LogP contribution in [0, 0.1) is 6.92 Å². The SMILES string of the molecule is Cc1c(O)c(-c2ncc3nc(N4C[C@@H](C)N[C@H](C)C4)ccc3n2)cc2cn(C)nc12. The third kappa shape index (κ3) is 3.13. The maximum atomic E-state index is 10.7. The first-order valence-corrected chi connectivity index (χ1v) is 10.2. The lowest BCUT2D eigenvalue weighted by atomic mass is 10.1. The van der Waals surface area contributed by atoms with Gasteiger partial charge in [0, 0.05) is 49.4 Å². The molecule has 0 radical (unpaired) electrons. The van der Waals surface area contributed by atoms with Gasteiger partial charge < -0.3 is 15.3 Å². The molecule has 4 heterocycles. The maximum Gasteiger partial charge on any atom is 0.163 e. The van der Waals surface area contributed by atoms with Crippen LogP contribution in [0.15, 0.2) is 30.6 Å². The molecule has 8 heteroatoms. The Kier molecular flexibility index (Phi) is 4.32. The molecule has 1 aliphatic rings. The zero-order valence-corrected chi connectivity index (χ0v) is 17.6. The Bertz CT molecular complexity index is 1260. The van der Waals surface area contributed by atoms with Crippen molar-refractivity contribution in [3.63, 3.8) is 0 Å². The summed E-state index contributed by atoms with van der Waals surface area (Å²) >= 11 is 0. The molecular weight excluding hydrogens is 378 g/mol. The smallest absolute Gasteiger partial charge is 0.163 e. The third-order valence-electron chi connectivity index (χ3n) is 5.67. The minimum atomic E-state index is 0.161. The van der Waals surface area contributed by atoms with Crippen LogP contribution in [0.1, 0.15) is 19.4 Å². The number of aryl methyl sites for hydroxylation is 2. The van der Waals surface area contributed by atoms with Crippen molar-refractivity contribution in [2.45, 2.75) is 32.9 Å². The normalized spacial score (nSPS) is 19.7. The molecular formula is C22H25N7O. The molecule has 1 aromatic carbocycles. The van der Waals surface area contributed by atoms with E-state index >= 15 is 0 Å². The highest BCUT2D eigenvalue weighted by Crippen LogP contribution is 2.35. The number of nitrogens with zero attached hydrogens (tertiary/aromatic N) is 6. The van der Waals surface area contributed by atoms with Gasteiger partial charge in [0.1, 0.15) is 17.1 Å². The van der Waals surface area contributed by atoms with Crippen LogP contribution in [0.2, 0.25) is 0 Å². The van der Waals surface area contributed by atoms with Gasteiger partial charge >= 0.3 is 0 Å². The highest BCUT2D eigenvalue weighted by molar-refractivity contribution is 5.90. The molecule has 3 aromatic heterocycles. The van der Waals surface area contributed by atoms with Gasteiger partial charge in [0.25, 0.3) is 0 Å². The van der Waals surface area contributed by atoms with Crippen molar-refractivity contribution < 1.29 is 5.11 Å². The summed E-state index contributed by atoms with van der Waals surface area (Å²) in [6.45, 7) is 8.07. The molecule has 1 aliphatic heterocycles. The first kappa shape index (κ1) is 18.7. The Balaban J connectivity index is 1.55. The molecule has 0 saturated carbocycles. The number of benzene rings is 1. The molecule has 30 heavy (non-hydrogen) atoms. The Hall–Kier alpha value is -3.26. The summed E-state index contributed by atoms with van der Waals surface area (Å²) in [6.07, 6.45) is 3.66. The Labute approximate surface area is 174 Å². The van der Waals surface area contributed by atoms with E-state index in [-0.39, 0.29) is 5.75 Å². The fraction of sp³-hybridized carbons (Fsp3) is 0.364. The second kappa shape index (κ2) is 6.91. The lowest BCUT2D eigenvalue weighted by Crippen LogP contribution is -2.54. The number of piperazine rings is 1. The molecule has 2 atom stereocenters. The van der Waals surface area contributed by atoms with Gasteiger partial charge in [0.2, 0.25) is 0 Å². The molecule has 5 rings (SSSR count). The number of fused-ring (bicyclic) bond motifs is 2. The van der Waals surface area contributed by atoms with E-state index in [0.717, 1.165) is 46.4 Å². The van der Waals surface area contributed by atoms with Crippen LogP contribution in [0.3, 0.4) is 0 Å². The van der Waals surface area contributed by atoms with Crippen LogP contribution < -0.4 is 10.2 Å². The van der Waals surface area contributed by atoms with Gasteiger partial charge in [0.05, 0.1) is 22.8 Å². The first-order chi connectivity index (χ1) is 14.4. The largest absolute Gasteiger partial charge is 0.507 e. The van der Waals surface area contributed by atoms with Crippen LogP contribution >= 0.6 is 0 Å². The fourth-order valence-electron chi connectivity index (χ4n) is 4.34. The van der Waals surface area contributed by atoms with Crippen molar-refractivity contribution in [3.8, 4) is 17.1 Å². The molecule has 0 bridgehead atoms. The van der Waals surface area contributed by atoms with Gasteiger partial charge in [-0.1, -0.05) is 0 Å². The average Bonchev–Trinajstić information content (AvgIpc) is 3.10. The summed E-state index contributed by atoms with van der Waals surface area (Å²) in [5, 5.41) is 19.6. The van der Waals surface area contributed by atoms with E-state index in [9.17, 15) is 5.11 Å². The van der Waals surface area contributed by atoms with E-state index < -0.39 is 0 Å². The first-order valence-electron chi connectivity index (χ1n) is 10.2. The van der Waals surface area contributed by atoms with Crippen molar-refractivity contribution in [1.82, 2.24) is 30.0 Å². The Morgan fingerprint density at radius 2 is 1.87 bits per heavy atom. The highest BCUT2D eigenvalue weighted by Gasteiger charge is 2.22. The molecule has 0 amide bonds. The number of phenolic OH excluding ortho intramolecular Hbond substituents is 1.